The fourth-order valence-corrected chi connectivity index (χ4v) is 5.11. The summed E-state index contributed by atoms with van der Waals surface area (Å²) >= 11 is 12.6. The number of morpholine rings is 1. The van der Waals surface area contributed by atoms with Crippen LogP contribution in [-0.2, 0) is 9.53 Å². The van der Waals surface area contributed by atoms with Gasteiger partial charge in [0.25, 0.3) is 5.91 Å². The largest absolute Gasteiger partial charge is 0.493 e. The molecule has 0 bridgehead atoms. The van der Waals surface area contributed by atoms with Gasteiger partial charge in [-0.3, -0.25) is 9.59 Å². The summed E-state index contributed by atoms with van der Waals surface area (Å²) in [7, 11) is 0. The van der Waals surface area contributed by atoms with Crippen molar-refractivity contribution in [2.75, 3.05) is 46.0 Å². The van der Waals surface area contributed by atoms with E-state index in [1.807, 2.05) is 35.2 Å². The molecule has 1 unspecified atom stereocenters. The zero-order valence-corrected chi connectivity index (χ0v) is 20.0. The van der Waals surface area contributed by atoms with Gasteiger partial charge in [-0.2, -0.15) is 0 Å². The second-order valence-corrected chi connectivity index (χ2v) is 9.51. The summed E-state index contributed by atoms with van der Waals surface area (Å²) in [4.78, 5) is 30.2. The molecule has 1 atom stereocenters. The van der Waals surface area contributed by atoms with Crippen molar-refractivity contribution in [1.82, 2.24) is 9.80 Å². The van der Waals surface area contributed by atoms with Gasteiger partial charge in [-0.15, -0.1) is 0 Å². The number of piperidine rings is 1. The molecule has 2 saturated heterocycles. The van der Waals surface area contributed by atoms with E-state index in [1.54, 1.807) is 23.1 Å². The molecule has 2 aromatic rings. The highest BCUT2D eigenvalue weighted by molar-refractivity contribution is 6.39. The van der Waals surface area contributed by atoms with Gasteiger partial charge in [0.05, 0.1) is 35.4 Å². The van der Waals surface area contributed by atoms with Gasteiger partial charge < -0.3 is 19.3 Å². The molecule has 2 amide bonds. The van der Waals surface area contributed by atoms with Crippen LogP contribution in [0, 0.1) is 5.41 Å². The molecule has 6 nitrogen and oxygen atoms in total. The molecule has 0 radical (unpaired) electrons. The van der Waals surface area contributed by atoms with Crippen molar-refractivity contribution in [3.63, 3.8) is 0 Å². The minimum Gasteiger partial charge on any atom is -0.493 e. The van der Waals surface area contributed by atoms with Crippen LogP contribution in [0.4, 0.5) is 0 Å². The zero-order chi connectivity index (χ0) is 23.3. The smallest absolute Gasteiger partial charge is 0.256 e. The number of amides is 2. The van der Waals surface area contributed by atoms with Gasteiger partial charge in [-0.25, -0.2) is 0 Å². The van der Waals surface area contributed by atoms with E-state index >= 15 is 0 Å². The Bertz CT molecular complexity index is 961. The van der Waals surface area contributed by atoms with Crippen molar-refractivity contribution in [1.29, 1.82) is 0 Å². The van der Waals surface area contributed by atoms with E-state index in [-0.39, 0.29) is 11.8 Å². The van der Waals surface area contributed by atoms with E-state index in [0.29, 0.717) is 68.0 Å². The van der Waals surface area contributed by atoms with E-state index < -0.39 is 5.41 Å². The molecule has 4 rings (SSSR count). The van der Waals surface area contributed by atoms with Crippen molar-refractivity contribution in [2.24, 2.45) is 5.41 Å². The van der Waals surface area contributed by atoms with E-state index in [2.05, 4.69) is 0 Å². The number of para-hydroxylation sites is 1. The molecule has 33 heavy (non-hydrogen) atoms. The lowest BCUT2D eigenvalue weighted by molar-refractivity contribution is -0.139. The van der Waals surface area contributed by atoms with Crippen molar-refractivity contribution in [2.45, 2.75) is 19.3 Å². The topological polar surface area (TPSA) is 59.1 Å². The van der Waals surface area contributed by atoms with E-state index in [1.165, 1.54) is 0 Å². The Hall–Kier alpha value is -2.28. The van der Waals surface area contributed by atoms with Gasteiger partial charge in [0.15, 0.2) is 0 Å². The van der Waals surface area contributed by atoms with Crippen LogP contribution in [0.3, 0.4) is 0 Å². The number of carbonyl (C=O) groups is 2. The zero-order valence-electron chi connectivity index (χ0n) is 18.5. The van der Waals surface area contributed by atoms with Gasteiger partial charge in [0.1, 0.15) is 5.75 Å². The van der Waals surface area contributed by atoms with Gasteiger partial charge in [0, 0.05) is 38.0 Å². The van der Waals surface area contributed by atoms with Crippen LogP contribution in [0.15, 0.2) is 48.5 Å². The van der Waals surface area contributed by atoms with Crippen LogP contribution in [0.1, 0.15) is 29.6 Å². The number of benzene rings is 2. The normalized spacial score (nSPS) is 21.0. The molecule has 0 aliphatic carbocycles. The quantitative estimate of drug-likeness (QED) is 0.596. The third kappa shape index (κ3) is 5.81. The molecule has 0 saturated carbocycles. The summed E-state index contributed by atoms with van der Waals surface area (Å²) in [6, 6.07) is 14.6. The highest BCUT2D eigenvalue weighted by Crippen LogP contribution is 2.37. The summed E-state index contributed by atoms with van der Waals surface area (Å²) in [6.07, 6.45) is 1.86. The Balaban J connectivity index is 1.56. The van der Waals surface area contributed by atoms with Crippen LogP contribution in [-0.4, -0.2) is 67.6 Å². The second kappa shape index (κ2) is 10.8. The SMILES string of the molecule is O=C(CC1(COc2ccccc2)CCCN(C(=O)c2c(Cl)cccc2Cl)C1)N1CCOCC1. The average Bonchev–Trinajstić information content (AvgIpc) is 2.84. The van der Waals surface area contributed by atoms with E-state index in [9.17, 15) is 9.59 Å². The monoisotopic (exact) mass is 490 g/mol. The summed E-state index contributed by atoms with van der Waals surface area (Å²) in [5.41, 5.74) is -0.201. The predicted octanol–water partition coefficient (Wildman–Crippen LogP) is 4.54. The Morgan fingerprint density at radius 1 is 0.939 bits per heavy atom. The number of carbonyl (C=O) groups excluding carboxylic acids is 2. The number of rotatable bonds is 6. The summed E-state index contributed by atoms with van der Waals surface area (Å²) in [5, 5.41) is 0.655. The van der Waals surface area contributed by atoms with Crippen molar-refractivity contribution >= 4 is 35.0 Å². The maximum atomic E-state index is 13.4. The first-order chi connectivity index (χ1) is 16.0. The molecule has 176 valence electrons. The third-order valence-corrected chi connectivity index (χ3v) is 6.93. The lowest BCUT2D eigenvalue weighted by atomic mass is 9.77. The number of ether oxygens (including phenoxy) is 2. The number of hydrogen-bond acceptors (Lipinski definition) is 4. The lowest BCUT2D eigenvalue weighted by Gasteiger charge is -2.43. The minimum atomic E-state index is -0.507. The average molecular weight is 491 g/mol. The molecule has 0 aromatic heterocycles. The highest BCUT2D eigenvalue weighted by Gasteiger charge is 2.41. The van der Waals surface area contributed by atoms with Gasteiger partial charge in [-0.1, -0.05) is 47.5 Å². The maximum absolute atomic E-state index is 13.4. The Labute approximate surface area is 204 Å². The number of likely N-dealkylation sites (tertiary alicyclic amines) is 1. The van der Waals surface area contributed by atoms with Crippen LogP contribution >= 0.6 is 23.2 Å². The summed E-state index contributed by atoms with van der Waals surface area (Å²) < 4.78 is 11.5. The maximum Gasteiger partial charge on any atom is 0.256 e. The number of halogens is 2. The summed E-state index contributed by atoms with van der Waals surface area (Å²) in [6.45, 7) is 3.60. The lowest BCUT2D eigenvalue weighted by Crippen LogP contribution is -2.52. The van der Waals surface area contributed by atoms with Gasteiger partial charge in [-0.05, 0) is 37.1 Å². The van der Waals surface area contributed by atoms with Crippen LogP contribution in [0.2, 0.25) is 10.0 Å². The number of nitrogens with zero attached hydrogens (tertiary/aromatic N) is 2. The fraction of sp³-hybridized carbons (Fsp3) is 0.440. The molecule has 2 heterocycles. The molecular weight excluding hydrogens is 463 g/mol. The highest BCUT2D eigenvalue weighted by atomic mass is 35.5. The molecule has 0 N–H and O–H groups in total. The van der Waals surface area contributed by atoms with Crippen LogP contribution in [0.5, 0.6) is 5.75 Å². The van der Waals surface area contributed by atoms with Crippen LogP contribution in [0.25, 0.3) is 0 Å². The molecular formula is C25H28Cl2N2O4. The Morgan fingerprint density at radius 2 is 1.64 bits per heavy atom. The molecule has 2 fully saturated rings. The Kier molecular flexibility index (Phi) is 7.78. The standard InChI is InChI=1S/C25H28Cl2N2O4/c26-20-8-4-9-21(27)23(20)24(31)29-11-5-10-25(17-29,18-33-19-6-2-1-3-7-19)16-22(30)28-12-14-32-15-13-28/h1-4,6-9H,5,10-18H2. The van der Waals surface area contributed by atoms with Crippen molar-refractivity contribution in [3.8, 4) is 5.75 Å². The third-order valence-electron chi connectivity index (χ3n) is 6.30. The fourth-order valence-electron chi connectivity index (χ4n) is 4.55. The van der Waals surface area contributed by atoms with Crippen LogP contribution < -0.4 is 4.74 Å². The first-order valence-electron chi connectivity index (χ1n) is 11.2. The molecule has 2 aliphatic rings. The first kappa shape index (κ1) is 23.9. The van der Waals surface area contributed by atoms with Gasteiger partial charge in [0.2, 0.25) is 5.91 Å². The van der Waals surface area contributed by atoms with Gasteiger partial charge >= 0.3 is 0 Å². The van der Waals surface area contributed by atoms with Crippen molar-refractivity contribution in [3.05, 3.63) is 64.1 Å². The molecule has 0 spiro atoms. The second-order valence-electron chi connectivity index (χ2n) is 8.70. The molecule has 2 aromatic carbocycles. The molecule has 8 heteroatoms. The molecule has 2 aliphatic heterocycles. The van der Waals surface area contributed by atoms with E-state index in [0.717, 1.165) is 18.6 Å². The number of hydrogen-bond donors (Lipinski definition) is 0. The first-order valence-corrected chi connectivity index (χ1v) is 12.0. The van der Waals surface area contributed by atoms with E-state index in [4.69, 9.17) is 32.7 Å². The minimum absolute atomic E-state index is 0.0695. The summed E-state index contributed by atoms with van der Waals surface area (Å²) in [5.74, 6) is 0.599. The Morgan fingerprint density at radius 3 is 2.33 bits per heavy atom. The predicted molar refractivity (Wildman–Crippen MR) is 128 cm³/mol. The van der Waals surface area contributed by atoms with Crippen molar-refractivity contribution < 1.29 is 19.1 Å².